The lowest BCUT2D eigenvalue weighted by atomic mass is 10.2. The number of nitrogens with one attached hydrogen (secondary N) is 2. The number of imidazole rings is 1. The highest BCUT2D eigenvalue weighted by molar-refractivity contribution is 7.89. The maximum atomic E-state index is 13.5. The molecule has 0 aliphatic carbocycles. The van der Waals surface area contributed by atoms with Gasteiger partial charge < -0.3 is 10.1 Å². The highest BCUT2D eigenvalue weighted by atomic mass is 35.5. The quantitative estimate of drug-likeness (QED) is 0.765. The predicted molar refractivity (Wildman–Crippen MR) is 71.0 cm³/mol. The number of benzene rings is 1. The van der Waals surface area contributed by atoms with Crippen molar-refractivity contribution in [1.29, 1.82) is 0 Å². The van der Waals surface area contributed by atoms with Crippen LogP contribution in [0.2, 0.25) is 5.02 Å². The van der Waals surface area contributed by atoms with E-state index in [9.17, 15) is 17.6 Å². The summed E-state index contributed by atoms with van der Waals surface area (Å²) in [5, 5.41) is 8.23. The van der Waals surface area contributed by atoms with Gasteiger partial charge in [0.25, 0.3) is 0 Å². The van der Waals surface area contributed by atoms with Crippen molar-refractivity contribution in [2.45, 2.75) is 11.4 Å². The van der Waals surface area contributed by atoms with Gasteiger partial charge in [-0.15, -0.1) is 0 Å². The molecule has 21 heavy (non-hydrogen) atoms. The van der Waals surface area contributed by atoms with Crippen molar-refractivity contribution in [2.24, 2.45) is 0 Å². The van der Waals surface area contributed by atoms with E-state index in [1.807, 2.05) is 0 Å². The molecular formula is C11H9ClFN3O4S. The normalized spacial score (nSPS) is 11.5. The van der Waals surface area contributed by atoms with Crippen LogP contribution in [0.25, 0.3) is 0 Å². The van der Waals surface area contributed by atoms with Crippen molar-refractivity contribution in [1.82, 2.24) is 14.7 Å². The number of aromatic amines is 1. The fourth-order valence-corrected chi connectivity index (χ4v) is 2.73. The second-order valence-electron chi connectivity index (χ2n) is 3.93. The molecule has 0 bridgehead atoms. The minimum atomic E-state index is -4.10. The van der Waals surface area contributed by atoms with Crippen molar-refractivity contribution in [3.63, 3.8) is 0 Å². The zero-order chi connectivity index (χ0) is 15.6. The molecule has 7 nitrogen and oxygen atoms in total. The second-order valence-corrected chi connectivity index (χ2v) is 6.08. The van der Waals surface area contributed by atoms with Gasteiger partial charge >= 0.3 is 5.97 Å². The fourth-order valence-electron chi connectivity index (χ4n) is 1.52. The molecule has 0 saturated carbocycles. The minimum absolute atomic E-state index is 0.151. The van der Waals surface area contributed by atoms with Gasteiger partial charge in [-0.25, -0.2) is 27.3 Å². The smallest absolute Gasteiger partial charge is 0.337 e. The zero-order valence-electron chi connectivity index (χ0n) is 10.3. The van der Waals surface area contributed by atoms with E-state index < -0.39 is 37.3 Å². The number of hydrogen-bond donors (Lipinski definition) is 3. The number of carboxylic acid groups (broad SMARTS) is 1. The Labute approximate surface area is 123 Å². The maximum Gasteiger partial charge on any atom is 0.337 e. The zero-order valence-corrected chi connectivity index (χ0v) is 11.9. The predicted octanol–water partition coefficient (Wildman–Crippen LogP) is 1.38. The van der Waals surface area contributed by atoms with Crippen molar-refractivity contribution in [3.8, 4) is 0 Å². The highest BCUT2D eigenvalue weighted by Gasteiger charge is 2.21. The Morgan fingerprint density at radius 1 is 1.48 bits per heavy atom. The van der Waals surface area contributed by atoms with E-state index >= 15 is 0 Å². The van der Waals surface area contributed by atoms with Gasteiger partial charge in [0.15, 0.2) is 0 Å². The van der Waals surface area contributed by atoms with E-state index in [1.54, 1.807) is 0 Å². The van der Waals surface area contributed by atoms with Gasteiger partial charge in [0.05, 0.1) is 22.0 Å². The van der Waals surface area contributed by atoms with Gasteiger partial charge in [0, 0.05) is 12.4 Å². The standard InChI is InChI=1S/C11H9ClFN3O4S/c12-10-7(11(17)18)3-6(4-8(10)13)21(19,20)16-5-9-14-1-2-15-9/h1-4,16H,5H2,(H,14,15)(H,17,18). The number of hydrogen-bond acceptors (Lipinski definition) is 4. The Morgan fingerprint density at radius 2 is 2.19 bits per heavy atom. The van der Waals surface area contributed by atoms with Crippen LogP contribution in [0.15, 0.2) is 29.4 Å². The second kappa shape index (κ2) is 5.80. The van der Waals surface area contributed by atoms with Crippen LogP contribution in [-0.2, 0) is 16.6 Å². The molecule has 0 amide bonds. The number of H-pyrrole nitrogens is 1. The molecule has 2 aromatic rings. The summed E-state index contributed by atoms with van der Waals surface area (Å²) in [5.41, 5.74) is -0.630. The van der Waals surface area contributed by atoms with Crippen LogP contribution in [0, 0.1) is 5.82 Å². The molecule has 10 heteroatoms. The Morgan fingerprint density at radius 3 is 2.76 bits per heavy atom. The SMILES string of the molecule is O=C(O)c1cc(S(=O)(=O)NCc2ncc[nH]2)cc(F)c1Cl. The summed E-state index contributed by atoms with van der Waals surface area (Å²) < 4.78 is 39.7. The van der Waals surface area contributed by atoms with E-state index in [4.69, 9.17) is 16.7 Å². The summed E-state index contributed by atoms with van der Waals surface area (Å²) in [5.74, 6) is -2.30. The summed E-state index contributed by atoms with van der Waals surface area (Å²) >= 11 is 5.48. The van der Waals surface area contributed by atoms with E-state index in [0.717, 1.165) is 6.07 Å². The lowest BCUT2D eigenvalue weighted by molar-refractivity contribution is 0.0696. The number of halogens is 2. The average molecular weight is 334 g/mol. The number of carboxylic acids is 1. The first kappa shape index (κ1) is 15.4. The summed E-state index contributed by atoms with van der Waals surface area (Å²) in [7, 11) is -4.10. The molecule has 0 atom stereocenters. The summed E-state index contributed by atoms with van der Waals surface area (Å²) in [6.45, 7) is -0.151. The lowest BCUT2D eigenvalue weighted by Gasteiger charge is -2.08. The molecule has 0 unspecified atom stereocenters. The van der Waals surface area contributed by atoms with Crippen molar-refractivity contribution in [2.75, 3.05) is 0 Å². The van der Waals surface area contributed by atoms with E-state index in [2.05, 4.69) is 14.7 Å². The van der Waals surface area contributed by atoms with Crippen LogP contribution in [0.3, 0.4) is 0 Å². The molecule has 0 radical (unpaired) electrons. The van der Waals surface area contributed by atoms with Crippen LogP contribution >= 0.6 is 11.6 Å². The molecule has 0 spiro atoms. The monoisotopic (exact) mass is 333 g/mol. The minimum Gasteiger partial charge on any atom is -0.478 e. The highest BCUT2D eigenvalue weighted by Crippen LogP contribution is 2.24. The third-order valence-electron chi connectivity index (χ3n) is 2.53. The van der Waals surface area contributed by atoms with Crippen molar-refractivity contribution >= 4 is 27.6 Å². The molecular weight excluding hydrogens is 325 g/mol. The lowest BCUT2D eigenvalue weighted by Crippen LogP contribution is -2.24. The maximum absolute atomic E-state index is 13.5. The molecule has 112 valence electrons. The van der Waals surface area contributed by atoms with Crippen LogP contribution in [0.1, 0.15) is 16.2 Å². The van der Waals surface area contributed by atoms with Gasteiger partial charge in [-0.05, 0) is 12.1 Å². The van der Waals surface area contributed by atoms with Crippen molar-refractivity contribution in [3.05, 3.63) is 46.8 Å². The van der Waals surface area contributed by atoms with Gasteiger partial charge in [-0.1, -0.05) is 11.6 Å². The first-order valence-corrected chi connectivity index (χ1v) is 7.37. The number of aromatic nitrogens is 2. The largest absolute Gasteiger partial charge is 0.478 e. The number of aromatic carboxylic acids is 1. The van der Waals surface area contributed by atoms with E-state index in [-0.39, 0.29) is 6.54 Å². The van der Waals surface area contributed by atoms with Crippen LogP contribution in [-0.4, -0.2) is 29.5 Å². The molecule has 2 rings (SSSR count). The Bertz CT molecular complexity index is 777. The molecule has 0 saturated heterocycles. The summed E-state index contributed by atoms with van der Waals surface area (Å²) in [6, 6.07) is 1.44. The van der Waals surface area contributed by atoms with Gasteiger partial charge in [-0.2, -0.15) is 0 Å². The van der Waals surface area contributed by atoms with Crippen LogP contribution in [0.4, 0.5) is 4.39 Å². The molecule has 0 fully saturated rings. The van der Waals surface area contributed by atoms with Gasteiger partial charge in [0.1, 0.15) is 11.6 Å². The molecule has 1 aromatic heterocycles. The number of carbonyl (C=O) groups is 1. The molecule has 0 aliphatic heterocycles. The summed E-state index contributed by atoms with van der Waals surface area (Å²) in [4.78, 5) is 16.9. The van der Waals surface area contributed by atoms with Crippen molar-refractivity contribution < 1.29 is 22.7 Å². The molecule has 3 N–H and O–H groups in total. The average Bonchev–Trinajstić information content (AvgIpc) is 2.92. The Balaban J connectivity index is 2.33. The number of nitrogens with zero attached hydrogens (tertiary/aromatic N) is 1. The Kier molecular flexibility index (Phi) is 4.26. The third-order valence-corrected chi connectivity index (χ3v) is 4.29. The summed E-state index contributed by atoms with van der Waals surface area (Å²) in [6.07, 6.45) is 2.95. The third kappa shape index (κ3) is 3.38. The topological polar surface area (TPSA) is 112 Å². The van der Waals surface area contributed by atoms with Gasteiger partial charge in [0.2, 0.25) is 10.0 Å². The molecule has 1 heterocycles. The van der Waals surface area contributed by atoms with E-state index in [0.29, 0.717) is 11.9 Å². The molecule has 0 aliphatic rings. The van der Waals surface area contributed by atoms with Crippen LogP contribution < -0.4 is 4.72 Å². The number of sulfonamides is 1. The number of rotatable bonds is 5. The van der Waals surface area contributed by atoms with E-state index in [1.165, 1.54) is 12.4 Å². The van der Waals surface area contributed by atoms with Gasteiger partial charge in [-0.3, -0.25) is 0 Å². The first-order valence-electron chi connectivity index (χ1n) is 5.51. The first-order chi connectivity index (χ1) is 9.81. The Hall–Kier alpha value is -1.97. The van der Waals surface area contributed by atoms with Crippen LogP contribution in [0.5, 0.6) is 0 Å². The fraction of sp³-hybridized carbons (Fsp3) is 0.0909. The molecule has 1 aromatic carbocycles.